The first kappa shape index (κ1) is 13.3. The van der Waals surface area contributed by atoms with Gasteiger partial charge in [-0.25, -0.2) is 0 Å². The molecule has 2 bridgehead atoms. The molecule has 2 aliphatic rings. The zero-order chi connectivity index (χ0) is 14.4. The molecular weight excluding hydrogens is 330 g/mol. The molecule has 110 valence electrons. The molecule has 0 spiro atoms. The predicted octanol–water partition coefficient (Wildman–Crippen LogP) is 2.53. The Morgan fingerprint density at radius 2 is 2.14 bits per heavy atom. The van der Waals surface area contributed by atoms with Gasteiger partial charge in [-0.15, -0.1) is 0 Å². The summed E-state index contributed by atoms with van der Waals surface area (Å²) < 4.78 is 3.02. The molecule has 0 aromatic carbocycles. The van der Waals surface area contributed by atoms with Crippen molar-refractivity contribution in [1.29, 1.82) is 0 Å². The highest BCUT2D eigenvalue weighted by Gasteiger charge is 2.32. The van der Waals surface area contributed by atoms with E-state index in [-0.39, 0.29) is 5.91 Å². The van der Waals surface area contributed by atoms with Crippen molar-refractivity contribution in [3.8, 4) is 0 Å². The van der Waals surface area contributed by atoms with E-state index < -0.39 is 0 Å². The zero-order valence-electron chi connectivity index (χ0n) is 11.8. The summed E-state index contributed by atoms with van der Waals surface area (Å²) in [4.78, 5) is 14.9. The van der Waals surface area contributed by atoms with E-state index in [1.54, 1.807) is 0 Å². The quantitative estimate of drug-likeness (QED) is 0.906. The molecule has 2 fully saturated rings. The number of nitrogens with zero attached hydrogens (tertiary/aromatic N) is 2. The standard InChI is InChI=1S/C16H18BrN3O/c17-14-3-6-20-5-2-12(8-15(14)20)16(21)18-13-7-11-1-4-19(9-11)10-13/h2-3,5-6,8,11,13H,1,4,7,9-10H2,(H,18,21)/t11-,13+/m0/s1. The average molecular weight is 348 g/mol. The number of carbonyl (C=O) groups is 1. The molecule has 1 unspecified atom stereocenters. The van der Waals surface area contributed by atoms with Crippen molar-refractivity contribution in [2.75, 3.05) is 19.6 Å². The van der Waals surface area contributed by atoms with Crippen LogP contribution in [-0.4, -0.2) is 40.9 Å². The molecule has 4 heterocycles. The van der Waals surface area contributed by atoms with Crippen LogP contribution in [0.1, 0.15) is 23.2 Å². The Labute approximate surface area is 132 Å². The van der Waals surface area contributed by atoms with Crippen LogP contribution >= 0.6 is 15.9 Å². The second-order valence-corrected chi connectivity index (χ2v) is 7.05. The third-order valence-electron chi connectivity index (χ3n) is 4.68. The SMILES string of the molecule is O=C(N[C@@H]1C[C@@H]2CCN(C2)C1)c1ccn2ccc(Br)c2c1. The van der Waals surface area contributed by atoms with Crippen LogP contribution in [0.3, 0.4) is 0 Å². The number of halogens is 1. The number of rotatable bonds is 2. The van der Waals surface area contributed by atoms with Crippen molar-refractivity contribution >= 4 is 27.4 Å². The fourth-order valence-corrected chi connectivity index (χ4v) is 4.08. The number of hydrogen-bond donors (Lipinski definition) is 1. The molecule has 0 radical (unpaired) electrons. The van der Waals surface area contributed by atoms with E-state index in [0.717, 1.165) is 34.4 Å². The number of nitrogens with one attached hydrogen (secondary N) is 1. The first-order valence-corrected chi connectivity index (χ1v) is 8.28. The highest BCUT2D eigenvalue weighted by atomic mass is 79.9. The van der Waals surface area contributed by atoms with E-state index in [4.69, 9.17) is 0 Å². The van der Waals surface area contributed by atoms with Crippen LogP contribution in [0.5, 0.6) is 0 Å². The van der Waals surface area contributed by atoms with Gasteiger partial charge >= 0.3 is 0 Å². The third kappa shape index (κ3) is 2.49. The van der Waals surface area contributed by atoms with Gasteiger partial charge in [-0.2, -0.15) is 0 Å². The average Bonchev–Trinajstić information content (AvgIpc) is 3.02. The first-order valence-electron chi connectivity index (χ1n) is 7.48. The summed E-state index contributed by atoms with van der Waals surface area (Å²) in [5.41, 5.74) is 1.75. The van der Waals surface area contributed by atoms with Gasteiger partial charge in [0.15, 0.2) is 0 Å². The van der Waals surface area contributed by atoms with Crippen LogP contribution in [-0.2, 0) is 0 Å². The summed E-state index contributed by atoms with van der Waals surface area (Å²) in [5.74, 6) is 0.810. The third-order valence-corrected chi connectivity index (χ3v) is 5.35. The van der Waals surface area contributed by atoms with Crippen molar-refractivity contribution in [1.82, 2.24) is 14.6 Å². The number of amides is 1. The fourth-order valence-electron chi connectivity index (χ4n) is 3.64. The second kappa shape index (κ2) is 5.14. The lowest BCUT2D eigenvalue weighted by atomic mass is 9.96. The van der Waals surface area contributed by atoms with Crippen LogP contribution in [0.2, 0.25) is 0 Å². The Morgan fingerprint density at radius 3 is 3.00 bits per heavy atom. The van der Waals surface area contributed by atoms with E-state index in [0.29, 0.717) is 6.04 Å². The predicted molar refractivity (Wildman–Crippen MR) is 85.5 cm³/mol. The van der Waals surface area contributed by atoms with Gasteiger partial charge in [-0.3, -0.25) is 4.79 Å². The molecule has 2 aromatic heterocycles. The number of carbonyl (C=O) groups excluding carboxylic acids is 1. The van der Waals surface area contributed by atoms with Crippen molar-refractivity contribution in [3.05, 3.63) is 40.6 Å². The lowest BCUT2D eigenvalue weighted by Crippen LogP contribution is -2.47. The smallest absolute Gasteiger partial charge is 0.251 e. The summed E-state index contributed by atoms with van der Waals surface area (Å²) in [7, 11) is 0. The second-order valence-electron chi connectivity index (χ2n) is 6.19. The van der Waals surface area contributed by atoms with Crippen molar-refractivity contribution in [2.45, 2.75) is 18.9 Å². The van der Waals surface area contributed by atoms with E-state index in [1.807, 2.05) is 35.0 Å². The molecule has 3 atom stereocenters. The first-order chi connectivity index (χ1) is 10.2. The molecule has 1 N–H and O–H groups in total. The molecule has 4 nitrogen and oxygen atoms in total. The number of pyridine rings is 1. The monoisotopic (exact) mass is 347 g/mol. The molecule has 2 aromatic rings. The van der Waals surface area contributed by atoms with Gasteiger partial charge in [-0.1, -0.05) is 0 Å². The van der Waals surface area contributed by atoms with Gasteiger partial charge in [0, 0.05) is 41.6 Å². The Kier molecular flexibility index (Phi) is 3.27. The minimum Gasteiger partial charge on any atom is -0.348 e. The van der Waals surface area contributed by atoms with Gasteiger partial charge in [0.1, 0.15) is 0 Å². The lowest BCUT2D eigenvalue weighted by molar-refractivity contribution is 0.0909. The maximum absolute atomic E-state index is 12.5. The molecule has 1 amide bonds. The molecule has 2 saturated heterocycles. The summed E-state index contributed by atoms with van der Waals surface area (Å²) in [6, 6.07) is 6.11. The Hall–Kier alpha value is -1.33. The number of aromatic nitrogens is 1. The Morgan fingerprint density at radius 1 is 1.29 bits per heavy atom. The van der Waals surface area contributed by atoms with E-state index in [2.05, 4.69) is 26.1 Å². The highest BCUT2D eigenvalue weighted by Crippen LogP contribution is 2.27. The molecule has 2 aliphatic heterocycles. The highest BCUT2D eigenvalue weighted by molar-refractivity contribution is 9.10. The molecule has 0 saturated carbocycles. The van der Waals surface area contributed by atoms with Crippen LogP contribution in [0.15, 0.2) is 35.1 Å². The zero-order valence-corrected chi connectivity index (χ0v) is 13.3. The van der Waals surface area contributed by atoms with Crippen LogP contribution in [0.25, 0.3) is 5.52 Å². The minimum absolute atomic E-state index is 0.0399. The van der Waals surface area contributed by atoms with Gasteiger partial charge in [0.2, 0.25) is 0 Å². The van der Waals surface area contributed by atoms with Crippen molar-refractivity contribution in [2.24, 2.45) is 5.92 Å². The summed E-state index contributed by atoms with van der Waals surface area (Å²) >= 11 is 3.51. The van der Waals surface area contributed by atoms with Crippen LogP contribution in [0.4, 0.5) is 0 Å². The topological polar surface area (TPSA) is 36.8 Å². The Bertz CT molecular complexity index is 684. The largest absolute Gasteiger partial charge is 0.348 e. The van der Waals surface area contributed by atoms with Crippen LogP contribution in [0, 0.1) is 5.92 Å². The van der Waals surface area contributed by atoms with Crippen molar-refractivity contribution < 1.29 is 4.79 Å². The van der Waals surface area contributed by atoms with E-state index in [9.17, 15) is 4.79 Å². The van der Waals surface area contributed by atoms with Gasteiger partial charge in [0.05, 0.1) is 5.52 Å². The number of piperidine rings is 1. The minimum atomic E-state index is 0.0399. The van der Waals surface area contributed by atoms with Crippen LogP contribution < -0.4 is 5.32 Å². The van der Waals surface area contributed by atoms with Crippen molar-refractivity contribution in [3.63, 3.8) is 0 Å². The van der Waals surface area contributed by atoms with Gasteiger partial charge < -0.3 is 14.6 Å². The molecule has 0 aliphatic carbocycles. The summed E-state index contributed by atoms with van der Waals surface area (Å²) in [6.07, 6.45) is 6.32. The Balaban J connectivity index is 1.52. The lowest BCUT2D eigenvalue weighted by Gasteiger charge is -2.30. The summed E-state index contributed by atoms with van der Waals surface area (Å²) in [6.45, 7) is 3.41. The fraction of sp³-hybridized carbons (Fsp3) is 0.438. The van der Waals surface area contributed by atoms with E-state index in [1.165, 1.54) is 19.5 Å². The molecular formula is C16H18BrN3O. The maximum Gasteiger partial charge on any atom is 0.251 e. The molecule has 21 heavy (non-hydrogen) atoms. The van der Waals surface area contributed by atoms with Gasteiger partial charge in [0.25, 0.3) is 5.91 Å². The normalized spacial score (nSPS) is 28.0. The maximum atomic E-state index is 12.5. The number of fused-ring (bicyclic) bond motifs is 3. The molecule has 5 heteroatoms. The summed E-state index contributed by atoms with van der Waals surface area (Å²) in [5, 5.41) is 3.21. The van der Waals surface area contributed by atoms with E-state index >= 15 is 0 Å². The van der Waals surface area contributed by atoms with Gasteiger partial charge in [-0.05, 0) is 59.4 Å². The number of hydrogen-bond acceptors (Lipinski definition) is 2. The molecule has 4 rings (SSSR count).